The number of rotatable bonds is 4. The largest absolute Gasteiger partial charge is 0.465 e. The molecule has 0 spiro atoms. The summed E-state index contributed by atoms with van der Waals surface area (Å²) in [6.45, 7) is 0. The minimum absolute atomic E-state index is 0.272. The van der Waals surface area contributed by atoms with Gasteiger partial charge in [0.2, 0.25) is 5.13 Å². The van der Waals surface area contributed by atoms with E-state index in [0.29, 0.717) is 38.3 Å². The fourth-order valence-electron chi connectivity index (χ4n) is 3.55. The molecule has 0 aliphatic carbocycles. The molecule has 2 N–H and O–H groups in total. The zero-order valence-corrected chi connectivity index (χ0v) is 18.5. The van der Waals surface area contributed by atoms with Gasteiger partial charge in [-0.3, -0.25) is 9.59 Å². The lowest BCUT2D eigenvalue weighted by Gasteiger charge is -2.08. The third kappa shape index (κ3) is 3.76. The minimum atomic E-state index is -0.477. The van der Waals surface area contributed by atoms with Gasteiger partial charge in [-0.15, -0.1) is 0 Å². The van der Waals surface area contributed by atoms with Crippen LogP contribution in [0.2, 0.25) is 0 Å². The first kappa shape index (κ1) is 21.3. The smallest absolute Gasteiger partial charge is 0.337 e. The molecule has 10 heteroatoms. The number of anilines is 3. The number of imide groups is 1. The first-order chi connectivity index (χ1) is 16.4. The number of aromatic nitrogens is 1. The molecule has 0 saturated carbocycles. The minimum Gasteiger partial charge on any atom is -0.465 e. The van der Waals surface area contributed by atoms with Crippen molar-refractivity contribution in [3.8, 4) is 0 Å². The Morgan fingerprint density at radius 2 is 1.50 bits per heavy atom. The quantitative estimate of drug-likeness (QED) is 0.333. The molecule has 0 radical (unpaired) electrons. The second-order valence-corrected chi connectivity index (χ2v) is 8.33. The maximum Gasteiger partial charge on any atom is 0.337 e. The number of fused-ring (bicyclic) bond motifs is 2. The van der Waals surface area contributed by atoms with Crippen LogP contribution in [0, 0.1) is 0 Å². The van der Waals surface area contributed by atoms with Gasteiger partial charge in [-0.05, 0) is 54.6 Å². The highest BCUT2D eigenvalue weighted by molar-refractivity contribution is 7.22. The van der Waals surface area contributed by atoms with Crippen LogP contribution in [-0.4, -0.2) is 35.9 Å². The fraction of sp³-hybridized carbons (Fsp3) is 0.0417. The van der Waals surface area contributed by atoms with Gasteiger partial charge in [-0.25, -0.2) is 19.5 Å². The zero-order valence-electron chi connectivity index (χ0n) is 17.7. The number of ether oxygens (including phenoxy) is 1. The van der Waals surface area contributed by atoms with Gasteiger partial charge in [0.25, 0.3) is 11.8 Å². The number of thiazole rings is 1. The van der Waals surface area contributed by atoms with Crippen LogP contribution < -0.4 is 15.5 Å². The van der Waals surface area contributed by atoms with Crippen LogP contribution in [0.25, 0.3) is 10.2 Å². The average Bonchev–Trinajstić information content (AvgIpc) is 3.37. The van der Waals surface area contributed by atoms with Gasteiger partial charge in [0.1, 0.15) is 0 Å². The van der Waals surface area contributed by atoms with Gasteiger partial charge in [-0.2, -0.15) is 0 Å². The molecule has 1 aliphatic rings. The van der Waals surface area contributed by atoms with E-state index < -0.39 is 23.8 Å². The van der Waals surface area contributed by atoms with Crippen LogP contribution in [0.3, 0.4) is 0 Å². The average molecular weight is 472 g/mol. The summed E-state index contributed by atoms with van der Waals surface area (Å²) in [6, 6.07) is 17.5. The Morgan fingerprint density at radius 1 is 0.882 bits per heavy atom. The number of methoxy groups -OCH3 is 1. The Hall–Kier alpha value is -4.57. The van der Waals surface area contributed by atoms with Gasteiger partial charge < -0.3 is 15.4 Å². The highest BCUT2D eigenvalue weighted by Gasteiger charge is 2.38. The van der Waals surface area contributed by atoms with E-state index in [1.54, 1.807) is 66.7 Å². The van der Waals surface area contributed by atoms with E-state index in [1.165, 1.54) is 18.4 Å². The number of amides is 4. The van der Waals surface area contributed by atoms with Gasteiger partial charge in [0, 0.05) is 11.4 Å². The molecule has 4 aromatic rings. The summed E-state index contributed by atoms with van der Waals surface area (Å²) >= 11 is 1.18. The van der Waals surface area contributed by atoms with Gasteiger partial charge in [0.05, 0.1) is 34.0 Å². The molecule has 0 fully saturated rings. The molecule has 168 valence electrons. The number of carbonyl (C=O) groups excluding carboxylic acids is 4. The van der Waals surface area contributed by atoms with Crippen LogP contribution in [0.5, 0.6) is 0 Å². The van der Waals surface area contributed by atoms with Crippen LogP contribution >= 0.6 is 11.3 Å². The molecule has 5 rings (SSSR count). The standard InChI is InChI=1S/C24H16N4O5S/c1-33-22(31)13-6-8-14(9-7-13)25-23(32)26-15-10-11-18-19(12-15)34-24(27-18)28-20(29)16-4-2-3-5-17(16)21(28)30/h2-12H,1H3,(H2,25,26,32). The van der Waals surface area contributed by atoms with Crippen molar-refractivity contribution in [1.29, 1.82) is 0 Å². The molecule has 0 unspecified atom stereocenters. The van der Waals surface area contributed by atoms with Crippen molar-refractivity contribution < 1.29 is 23.9 Å². The molecule has 1 aromatic heterocycles. The Morgan fingerprint density at radius 3 is 2.15 bits per heavy atom. The van der Waals surface area contributed by atoms with E-state index in [2.05, 4.69) is 20.4 Å². The van der Waals surface area contributed by atoms with E-state index in [4.69, 9.17) is 0 Å². The molecular formula is C24H16N4O5S. The predicted molar refractivity (Wildman–Crippen MR) is 128 cm³/mol. The molecule has 0 saturated heterocycles. The van der Waals surface area contributed by atoms with Crippen LogP contribution in [0.1, 0.15) is 31.1 Å². The number of benzene rings is 3. The predicted octanol–water partition coefficient (Wildman–Crippen LogP) is 4.53. The number of urea groups is 1. The second kappa shape index (κ2) is 8.41. The van der Waals surface area contributed by atoms with Gasteiger partial charge in [-0.1, -0.05) is 23.5 Å². The summed E-state index contributed by atoms with van der Waals surface area (Å²) in [7, 11) is 1.30. The van der Waals surface area contributed by atoms with Crippen LogP contribution in [0.4, 0.5) is 21.3 Å². The van der Waals surface area contributed by atoms with Gasteiger partial charge in [0.15, 0.2) is 0 Å². The maximum absolute atomic E-state index is 12.7. The second-order valence-electron chi connectivity index (χ2n) is 7.32. The molecule has 0 atom stereocenters. The summed E-state index contributed by atoms with van der Waals surface area (Å²) < 4.78 is 5.35. The van der Waals surface area contributed by atoms with Crippen molar-refractivity contribution in [2.24, 2.45) is 0 Å². The third-order valence-electron chi connectivity index (χ3n) is 5.18. The van der Waals surface area contributed by atoms with Crippen molar-refractivity contribution in [2.75, 3.05) is 22.6 Å². The molecule has 9 nitrogen and oxygen atoms in total. The van der Waals surface area contributed by atoms with E-state index in [9.17, 15) is 19.2 Å². The highest BCUT2D eigenvalue weighted by atomic mass is 32.1. The highest BCUT2D eigenvalue weighted by Crippen LogP contribution is 2.35. The molecular weight excluding hydrogens is 456 g/mol. The summed E-state index contributed by atoms with van der Waals surface area (Å²) in [5, 5.41) is 5.69. The lowest BCUT2D eigenvalue weighted by Crippen LogP contribution is -2.29. The Balaban J connectivity index is 1.31. The first-order valence-electron chi connectivity index (χ1n) is 10.1. The van der Waals surface area contributed by atoms with Crippen molar-refractivity contribution in [2.45, 2.75) is 0 Å². The Bertz CT molecular complexity index is 1440. The lowest BCUT2D eigenvalue weighted by atomic mass is 10.1. The third-order valence-corrected chi connectivity index (χ3v) is 6.19. The monoisotopic (exact) mass is 472 g/mol. The van der Waals surface area contributed by atoms with Crippen LogP contribution in [-0.2, 0) is 4.74 Å². The number of carbonyl (C=O) groups is 4. The van der Waals surface area contributed by atoms with Crippen molar-refractivity contribution in [3.05, 3.63) is 83.4 Å². The molecule has 2 heterocycles. The summed E-state index contributed by atoms with van der Waals surface area (Å²) in [4.78, 5) is 54.9. The van der Waals surface area contributed by atoms with Crippen molar-refractivity contribution in [1.82, 2.24) is 4.98 Å². The fourth-order valence-corrected chi connectivity index (χ4v) is 4.55. The molecule has 34 heavy (non-hydrogen) atoms. The number of hydrogen-bond donors (Lipinski definition) is 2. The first-order valence-corrected chi connectivity index (χ1v) is 10.9. The van der Waals surface area contributed by atoms with Crippen molar-refractivity contribution >= 4 is 61.9 Å². The summed E-state index contributed by atoms with van der Waals surface area (Å²) in [5.74, 6) is -1.28. The van der Waals surface area contributed by atoms with Crippen molar-refractivity contribution in [3.63, 3.8) is 0 Å². The van der Waals surface area contributed by atoms with E-state index in [0.717, 1.165) is 4.90 Å². The normalized spacial score (nSPS) is 12.6. The molecule has 0 bridgehead atoms. The number of nitrogens with zero attached hydrogens (tertiary/aromatic N) is 2. The number of hydrogen-bond acceptors (Lipinski definition) is 7. The van der Waals surface area contributed by atoms with E-state index in [1.807, 2.05) is 0 Å². The summed E-state index contributed by atoms with van der Waals surface area (Å²) in [6.07, 6.45) is 0. The molecule has 1 aliphatic heterocycles. The van der Waals surface area contributed by atoms with E-state index >= 15 is 0 Å². The molecule has 3 aromatic carbocycles. The van der Waals surface area contributed by atoms with Gasteiger partial charge >= 0.3 is 12.0 Å². The summed E-state index contributed by atoms with van der Waals surface area (Å²) in [5.41, 5.74) is 2.68. The maximum atomic E-state index is 12.7. The number of nitrogens with one attached hydrogen (secondary N) is 2. The Labute approximate surface area is 197 Å². The zero-order chi connectivity index (χ0) is 23.8. The lowest BCUT2D eigenvalue weighted by molar-refractivity contribution is 0.0600. The number of esters is 1. The molecule has 4 amide bonds. The SMILES string of the molecule is COC(=O)c1ccc(NC(=O)Nc2ccc3nc(N4C(=O)c5ccccc5C4=O)sc3c2)cc1. The van der Waals surface area contributed by atoms with Crippen LogP contribution in [0.15, 0.2) is 66.7 Å². The van der Waals surface area contributed by atoms with E-state index in [-0.39, 0.29) is 5.13 Å². The topological polar surface area (TPSA) is 118 Å². The Kier molecular flexibility index (Phi) is 5.27.